The maximum atomic E-state index is 12.4. The first-order chi connectivity index (χ1) is 13.1. The molecule has 3 rings (SSSR count). The van der Waals surface area contributed by atoms with E-state index in [4.69, 9.17) is 0 Å². The van der Waals surface area contributed by atoms with Crippen molar-refractivity contribution in [1.82, 2.24) is 14.9 Å². The van der Waals surface area contributed by atoms with E-state index in [2.05, 4.69) is 51.9 Å². The molecule has 2 heterocycles. The summed E-state index contributed by atoms with van der Waals surface area (Å²) < 4.78 is 0. The monoisotopic (exact) mass is 367 g/mol. The molecular formula is C21H29N5O. The van der Waals surface area contributed by atoms with Crippen LogP contribution >= 0.6 is 0 Å². The number of aromatic nitrogens is 2. The molecule has 1 aliphatic heterocycles. The van der Waals surface area contributed by atoms with Crippen LogP contribution in [0.15, 0.2) is 36.5 Å². The fourth-order valence-electron chi connectivity index (χ4n) is 3.30. The molecule has 1 fully saturated rings. The zero-order chi connectivity index (χ0) is 19.2. The van der Waals surface area contributed by atoms with Crippen molar-refractivity contribution in [1.29, 1.82) is 0 Å². The van der Waals surface area contributed by atoms with Crippen molar-refractivity contribution in [2.75, 3.05) is 42.9 Å². The molecule has 6 nitrogen and oxygen atoms in total. The third-order valence-electron chi connectivity index (χ3n) is 4.91. The summed E-state index contributed by atoms with van der Waals surface area (Å²) in [5.74, 6) is 2.23. The third kappa shape index (κ3) is 5.04. The largest absolute Gasteiger partial charge is 0.354 e. The van der Waals surface area contributed by atoms with Crippen molar-refractivity contribution in [2.24, 2.45) is 0 Å². The van der Waals surface area contributed by atoms with Gasteiger partial charge < -0.3 is 10.2 Å². The van der Waals surface area contributed by atoms with Crippen molar-refractivity contribution >= 4 is 17.4 Å². The Morgan fingerprint density at radius 2 is 1.89 bits per heavy atom. The van der Waals surface area contributed by atoms with Gasteiger partial charge in [-0.2, -0.15) is 0 Å². The smallest absolute Gasteiger partial charge is 0.238 e. The zero-order valence-corrected chi connectivity index (χ0v) is 16.5. The highest BCUT2D eigenvalue weighted by Crippen LogP contribution is 2.17. The van der Waals surface area contributed by atoms with E-state index in [0.717, 1.165) is 49.9 Å². The van der Waals surface area contributed by atoms with Gasteiger partial charge >= 0.3 is 0 Å². The van der Waals surface area contributed by atoms with Crippen molar-refractivity contribution in [3.8, 4) is 0 Å². The second-order valence-corrected chi connectivity index (χ2v) is 7.25. The van der Waals surface area contributed by atoms with Gasteiger partial charge in [-0.15, -0.1) is 0 Å². The molecule has 0 aliphatic carbocycles. The van der Waals surface area contributed by atoms with E-state index < -0.39 is 0 Å². The van der Waals surface area contributed by atoms with Crippen LogP contribution in [0.4, 0.5) is 11.5 Å². The second-order valence-electron chi connectivity index (χ2n) is 7.25. The van der Waals surface area contributed by atoms with Crippen LogP contribution in [0.1, 0.15) is 38.1 Å². The van der Waals surface area contributed by atoms with Gasteiger partial charge in [-0.3, -0.25) is 9.69 Å². The average Bonchev–Trinajstić information content (AvgIpc) is 2.69. The van der Waals surface area contributed by atoms with Crippen LogP contribution in [0.2, 0.25) is 0 Å². The molecule has 1 N–H and O–H groups in total. The Morgan fingerprint density at radius 1 is 1.15 bits per heavy atom. The predicted octanol–water partition coefficient (Wildman–Crippen LogP) is 2.92. The molecule has 6 heteroatoms. The Kier molecular flexibility index (Phi) is 6.40. The minimum absolute atomic E-state index is 0.0495. The van der Waals surface area contributed by atoms with Gasteiger partial charge in [0.15, 0.2) is 0 Å². The maximum absolute atomic E-state index is 12.4. The van der Waals surface area contributed by atoms with Gasteiger partial charge in [0, 0.05) is 44.0 Å². The first kappa shape index (κ1) is 19.3. The lowest BCUT2D eigenvalue weighted by Gasteiger charge is -2.35. The normalized spacial score (nSPS) is 15.2. The van der Waals surface area contributed by atoms with E-state index in [1.165, 1.54) is 5.56 Å². The van der Waals surface area contributed by atoms with Crippen molar-refractivity contribution in [3.63, 3.8) is 0 Å². The van der Waals surface area contributed by atoms with E-state index in [0.29, 0.717) is 12.5 Å². The Balaban J connectivity index is 1.52. The van der Waals surface area contributed by atoms with Crippen molar-refractivity contribution in [3.05, 3.63) is 47.9 Å². The molecule has 27 heavy (non-hydrogen) atoms. The van der Waals surface area contributed by atoms with E-state index in [9.17, 15) is 4.79 Å². The minimum atomic E-state index is 0.0495. The van der Waals surface area contributed by atoms with Gasteiger partial charge in [0.1, 0.15) is 11.6 Å². The number of nitrogens with one attached hydrogen (secondary N) is 1. The predicted molar refractivity (Wildman–Crippen MR) is 109 cm³/mol. The molecule has 1 aromatic carbocycles. The Bertz CT molecular complexity index is 769. The van der Waals surface area contributed by atoms with Gasteiger partial charge in [-0.1, -0.05) is 39.0 Å². The van der Waals surface area contributed by atoms with Crippen LogP contribution in [-0.2, 0) is 11.2 Å². The number of benzene rings is 1. The SMILES string of the molecule is CCc1ccccc1NC(=O)CN1CCN(c2ccnc(C(C)C)n2)CC1. The third-order valence-corrected chi connectivity index (χ3v) is 4.91. The van der Waals surface area contributed by atoms with Gasteiger partial charge in [-0.05, 0) is 24.1 Å². The number of anilines is 2. The van der Waals surface area contributed by atoms with Gasteiger partial charge in [0.05, 0.1) is 6.54 Å². The molecular weight excluding hydrogens is 338 g/mol. The number of piperazine rings is 1. The fraction of sp³-hybridized carbons (Fsp3) is 0.476. The molecule has 0 unspecified atom stereocenters. The van der Waals surface area contributed by atoms with Crippen molar-refractivity contribution in [2.45, 2.75) is 33.1 Å². The molecule has 1 saturated heterocycles. The summed E-state index contributed by atoms with van der Waals surface area (Å²) in [5.41, 5.74) is 2.09. The summed E-state index contributed by atoms with van der Waals surface area (Å²) in [7, 11) is 0. The number of carbonyl (C=O) groups is 1. The van der Waals surface area contributed by atoms with Gasteiger partial charge in [-0.25, -0.2) is 9.97 Å². The number of carbonyl (C=O) groups excluding carboxylic acids is 1. The molecule has 1 aromatic heterocycles. The average molecular weight is 367 g/mol. The number of rotatable bonds is 6. The number of amides is 1. The molecule has 144 valence electrons. The number of para-hydroxylation sites is 1. The summed E-state index contributed by atoms with van der Waals surface area (Å²) in [4.78, 5) is 25.9. The van der Waals surface area contributed by atoms with Crippen LogP contribution in [0.25, 0.3) is 0 Å². The molecule has 1 amide bonds. The minimum Gasteiger partial charge on any atom is -0.354 e. The Labute approximate surface area is 161 Å². The number of aryl methyl sites for hydroxylation is 1. The quantitative estimate of drug-likeness (QED) is 0.851. The van der Waals surface area contributed by atoms with Crippen LogP contribution in [0, 0.1) is 0 Å². The molecule has 0 radical (unpaired) electrons. The number of hydrogen-bond donors (Lipinski definition) is 1. The summed E-state index contributed by atoms with van der Waals surface area (Å²) in [6.07, 6.45) is 2.75. The topological polar surface area (TPSA) is 61.4 Å². The molecule has 0 bridgehead atoms. The number of nitrogens with zero attached hydrogens (tertiary/aromatic N) is 4. The van der Waals surface area contributed by atoms with Gasteiger partial charge in [0.2, 0.25) is 5.91 Å². The summed E-state index contributed by atoms with van der Waals surface area (Å²) in [6, 6.07) is 9.96. The van der Waals surface area contributed by atoms with E-state index in [1.54, 1.807) is 0 Å². The van der Waals surface area contributed by atoms with Crippen molar-refractivity contribution < 1.29 is 4.79 Å². The van der Waals surface area contributed by atoms with Gasteiger partial charge in [0.25, 0.3) is 0 Å². The lowest BCUT2D eigenvalue weighted by molar-refractivity contribution is -0.117. The summed E-state index contributed by atoms with van der Waals surface area (Å²) in [5, 5.41) is 3.06. The van der Waals surface area contributed by atoms with Crippen LogP contribution in [0.5, 0.6) is 0 Å². The van der Waals surface area contributed by atoms with Crippen LogP contribution < -0.4 is 10.2 Å². The lowest BCUT2D eigenvalue weighted by Crippen LogP contribution is -2.49. The highest BCUT2D eigenvalue weighted by molar-refractivity contribution is 5.93. The maximum Gasteiger partial charge on any atom is 0.238 e. The molecule has 1 aliphatic rings. The molecule has 2 aromatic rings. The first-order valence-electron chi connectivity index (χ1n) is 9.74. The Morgan fingerprint density at radius 3 is 2.59 bits per heavy atom. The Hall–Kier alpha value is -2.47. The van der Waals surface area contributed by atoms with E-state index in [1.807, 2.05) is 30.5 Å². The molecule has 0 spiro atoms. The highest BCUT2D eigenvalue weighted by atomic mass is 16.2. The summed E-state index contributed by atoms with van der Waals surface area (Å²) >= 11 is 0. The molecule has 0 atom stereocenters. The summed E-state index contributed by atoms with van der Waals surface area (Å²) in [6.45, 7) is 10.2. The second kappa shape index (κ2) is 8.95. The highest BCUT2D eigenvalue weighted by Gasteiger charge is 2.20. The van der Waals surface area contributed by atoms with E-state index >= 15 is 0 Å². The zero-order valence-electron chi connectivity index (χ0n) is 16.5. The lowest BCUT2D eigenvalue weighted by atomic mass is 10.1. The van der Waals surface area contributed by atoms with E-state index in [-0.39, 0.29) is 5.91 Å². The van der Waals surface area contributed by atoms with Crippen LogP contribution in [-0.4, -0.2) is 53.5 Å². The first-order valence-corrected chi connectivity index (χ1v) is 9.74. The van der Waals surface area contributed by atoms with Crippen LogP contribution in [0.3, 0.4) is 0 Å². The standard InChI is InChI=1S/C21H29N5O/c1-4-17-7-5-6-8-18(17)23-20(27)15-25-11-13-26(14-12-25)19-9-10-22-21(24-19)16(2)3/h5-10,16H,4,11-15H2,1-3H3,(H,23,27). The number of hydrogen-bond acceptors (Lipinski definition) is 5. The fourth-order valence-corrected chi connectivity index (χ4v) is 3.30. The molecule has 0 saturated carbocycles.